The van der Waals surface area contributed by atoms with Gasteiger partial charge in [0.2, 0.25) is 5.91 Å². The Morgan fingerprint density at radius 1 is 1.20 bits per heavy atom. The maximum Gasteiger partial charge on any atom is 0.267 e. The molecule has 2 aromatic rings. The summed E-state index contributed by atoms with van der Waals surface area (Å²) in [4.78, 5) is 46.4. The van der Waals surface area contributed by atoms with E-state index < -0.39 is 17.9 Å². The Morgan fingerprint density at radius 2 is 2.00 bits per heavy atom. The van der Waals surface area contributed by atoms with Gasteiger partial charge >= 0.3 is 0 Å². The molecular weight excluding hydrogens is 472 g/mol. The van der Waals surface area contributed by atoms with E-state index in [4.69, 9.17) is 27.8 Å². The number of carbonyl (C=O) groups is 3. The third-order valence-corrected chi connectivity index (χ3v) is 5.69. The van der Waals surface area contributed by atoms with E-state index in [1.54, 1.807) is 48.3 Å². The molecule has 1 unspecified atom stereocenters. The van der Waals surface area contributed by atoms with Gasteiger partial charge in [-0.3, -0.25) is 14.4 Å². The van der Waals surface area contributed by atoms with Gasteiger partial charge in [0.25, 0.3) is 11.8 Å². The molecule has 1 aromatic heterocycles. The minimum absolute atomic E-state index is 0.0229. The van der Waals surface area contributed by atoms with E-state index in [1.807, 2.05) is 6.08 Å². The molecule has 35 heavy (non-hydrogen) atoms. The van der Waals surface area contributed by atoms with Crippen molar-refractivity contribution in [2.24, 2.45) is 11.5 Å². The van der Waals surface area contributed by atoms with Crippen molar-refractivity contribution < 1.29 is 19.1 Å². The van der Waals surface area contributed by atoms with Crippen LogP contribution >= 0.6 is 11.6 Å². The summed E-state index contributed by atoms with van der Waals surface area (Å²) in [6.45, 7) is 1.79. The zero-order valence-electron chi connectivity index (χ0n) is 18.8. The van der Waals surface area contributed by atoms with Crippen molar-refractivity contribution >= 4 is 40.7 Å². The van der Waals surface area contributed by atoms with E-state index in [0.717, 1.165) is 11.3 Å². The van der Waals surface area contributed by atoms with Crippen LogP contribution in [0.2, 0.25) is 5.02 Å². The predicted octanol–water partition coefficient (Wildman–Crippen LogP) is 2.16. The van der Waals surface area contributed by atoms with Gasteiger partial charge in [0.1, 0.15) is 23.3 Å². The third kappa shape index (κ3) is 5.49. The highest BCUT2D eigenvalue weighted by atomic mass is 35.5. The summed E-state index contributed by atoms with van der Waals surface area (Å²) in [5.74, 6) is -0.449. The molecule has 0 spiro atoms. The van der Waals surface area contributed by atoms with Gasteiger partial charge in [-0.25, -0.2) is 9.97 Å². The third-order valence-electron chi connectivity index (χ3n) is 5.46. The first-order valence-electron chi connectivity index (χ1n) is 10.8. The van der Waals surface area contributed by atoms with Crippen molar-refractivity contribution in [3.8, 4) is 5.75 Å². The van der Waals surface area contributed by atoms with Crippen LogP contribution in [0.15, 0.2) is 54.3 Å². The van der Waals surface area contributed by atoms with Crippen LogP contribution in [0.3, 0.4) is 0 Å². The molecule has 180 valence electrons. The summed E-state index contributed by atoms with van der Waals surface area (Å²) < 4.78 is 5.64. The van der Waals surface area contributed by atoms with Crippen LogP contribution < -0.4 is 21.5 Å². The molecule has 2 heterocycles. The SMILES string of the molecule is CC(Nc1cc(C(N)=O)nc(C2=CC=C(N3Cc4cc(Cl)ccc4OCC3=O)CC=C2)n1)C(N)=O. The van der Waals surface area contributed by atoms with Gasteiger partial charge in [0.15, 0.2) is 12.4 Å². The monoisotopic (exact) mass is 494 g/mol. The molecule has 11 heteroatoms. The number of anilines is 1. The number of nitrogens with zero attached hydrogens (tertiary/aromatic N) is 3. The molecule has 1 aliphatic heterocycles. The first kappa shape index (κ1) is 24.0. The molecule has 2 aliphatic rings. The van der Waals surface area contributed by atoms with E-state index in [2.05, 4.69) is 15.3 Å². The number of ether oxygens (including phenoxy) is 1. The Labute approximate surface area is 206 Å². The maximum atomic E-state index is 12.8. The smallest absolute Gasteiger partial charge is 0.267 e. The number of fused-ring (bicyclic) bond motifs is 1. The lowest BCUT2D eigenvalue weighted by molar-refractivity contribution is -0.131. The van der Waals surface area contributed by atoms with Crippen LogP contribution in [-0.2, 0) is 16.1 Å². The van der Waals surface area contributed by atoms with Gasteiger partial charge in [-0.1, -0.05) is 23.8 Å². The predicted molar refractivity (Wildman–Crippen MR) is 130 cm³/mol. The van der Waals surface area contributed by atoms with Crippen molar-refractivity contribution in [3.63, 3.8) is 0 Å². The Bertz CT molecular complexity index is 1300. The van der Waals surface area contributed by atoms with E-state index in [9.17, 15) is 14.4 Å². The molecule has 3 amide bonds. The van der Waals surface area contributed by atoms with Crippen LogP contribution in [-0.4, -0.2) is 45.2 Å². The highest BCUT2D eigenvalue weighted by Crippen LogP contribution is 2.30. The number of carbonyl (C=O) groups excluding carboxylic acids is 3. The maximum absolute atomic E-state index is 12.8. The van der Waals surface area contributed by atoms with Gasteiger partial charge < -0.3 is 26.4 Å². The van der Waals surface area contributed by atoms with E-state index >= 15 is 0 Å². The van der Waals surface area contributed by atoms with Crippen LogP contribution in [0, 0.1) is 0 Å². The Kier molecular flexibility index (Phi) is 6.83. The van der Waals surface area contributed by atoms with Gasteiger partial charge in [0, 0.05) is 34.3 Å². The van der Waals surface area contributed by atoms with E-state index in [1.165, 1.54) is 6.07 Å². The number of hydrogen-bond acceptors (Lipinski definition) is 7. The number of nitrogens with two attached hydrogens (primary N) is 2. The van der Waals surface area contributed by atoms with E-state index in [-0.39, 0.29) is 29.9 Å². The van der Waals surface area contributed by atoms with E-state index in [0.29, 0.717) is 29.3 Å². The summed E-state index contributed by atoms with van der Waals surface area (Å²) >= 11 is 6.14. The van der Waals surface area contributed by atoms with Crippen LogP contribution in [0.4, 0.5) is 5.82 Å². The molecule has 0 fully saturated rings. The van der Waals surface area contributed by atoms with Gasteiger partial charge in [0.05, 0.1) is 6.54 Å². The highest BCUT2D eigenvalue weighted by molar-refractivity contribution is 6.30. The average Bonchev–Trinajstić information content (AvgIpc) is 3.15. The summed E-state index contributed by atoms with van der Waals surface area (Å²) in [6.07, 6.45) is 7.65. The first-order chi connectivity index (χ1) is 16.7. The molecule has 0 saturated heterocycles. The van der Waals surface area contributed by atoms with Crippen molar-refractivity contribution in [3.05, 3.63) is 76.4 Å². The number of primary amides is 2. The Morgan fingerprint density at radius 3 is 2.74 bits per heavy atom. The molecule has 4 rings (SSSR count). The summed E-state index contributed by atoms with van der Waals surface area (Å²) in [7, 11) is 0. The first-order valence-corrected chi connectivity index (χ1v) is 11.1. The molecule has 1 atom stereocenters. The van der Waals surface area contributed by atoms with Crippen molar-refractivity contribution in [1.29, 1.82) is 0 Å². The second-order valence-corrected chi connectivity index (χ2v) is 8.44. The fraction of sp³-hybridized carbons (Fsp3) is 0.208. The summed E-state index contributed by atoms with van der Waals surface area (Å²) in [6, 6.07) is 5.88. The minimum atomic E-state index is -0.745. The number of hydrogen-bond donors (Lipinski definition) is 3. The average molecular weight is 495 g/mol. The number of halogens is 1. The molecule has 10 nitrogen and oxygen atoms in total. The minimum Gasteiger partial charge on any atom is -0.483 e. The number of nitrogens with one attached hydrogen (secondary N) is 1. The largest absolute Gasteiger partial charge is 0.483 e. The van der Waals surface area contributed by atoms with Gasteiger partial charge in [-0.15, -0.1) is 0 Å². The molecule has 5 N–H and O–H groups in total. The van der Waals surface area contributed by atoms with Crippen molar-refractivity contribution in [2.75, 3.05) is 11.9 Å². The Balaban J connectivity index is 1.67. The molecule has 0 bridgehead atoms. The normalized spacial score (nSPS) is 16.2. The second-order valence-electron chi connectivity index (χ2n) is 8.00. The number of amides is 3. The Hall–Kier alpha value is -4.18. The van der Waals surface area contributed by atoms with Gasteiger partial charge in [-0.05, 0) is 37.3 Å². The molecular formula is C24H23ClN6O4. The number of allylic oxidation sites excluding steroid dienone is 5. The lowest BCUT2D eigenvalue weighted by atomic mass is 10.1. The lowest BCUT2D eigenvalue weighted by Gasteiger charge is -2.22. The summed E-state index contributed by atoms with van der Waals surface area (Å²) in [5.41, 5.74) is 12.9. The zero-order chi connectivity index (χ0) is 25.1. The van der Waals surface area contributed by atoms with Crippen LogP contribution in [0.1, 0.15) is 35.2 Å². The number of aromatic nitrogens is 2. The topological polar surface area (TPSA) is 154 Å². The van der Waals surface area contributed by atoms with Crippen LogP contribution in [0.25, 0.3) is 5.57 Å². The van der Waals surface area contributed by atoms with Gasteiger partial charge in [-0.2, -0.15) is 0 Å². The number of benzene rings is 1. The fourth-order valence-corrected chi connectivity index (χ4v) is 3.78. The van der Waals surface area contributed by atoms with Crippen molar-refractivity contribution in [2.45, 2.75) is 25.9 Å². The lowest BCUT2D eigenvalue weighted by Crippen LogP contribution is -2.33. The quantitative estimate of drug-likeness (QED) is 0.556. The standard InChI is InChI=1S/C24H23ClN6O4/c1-13(22(26)33)28-20-10-18(23(27)34)29-24(30-20)14-3-2-4-17(7-5-14)31-11-15-9-16(25)6-8-19(15)35-12-21(31)32/h2-3,5-10,13H,4,11-12H2,1H3,(H2,26,33)(H2,27,34)(H,28,29,30). The summed E-state index contributed by atoms with van der Waals surface area (Å²) in [5, 5.41) is 3.40. The molecule has 0 saturated carbocycles. The molecule has 0 radical (unpaired) electrons. The van der Waals surface area contributed by atoms with Crippen LogP contribution in [0.5, 0.6) is 5.75 Å². The molecule has 1 aromatic carbocycles. The molecule has 1 aliphatic carbocycles. The van der Waals surface area contributed by atoms with Crippen molar-refractivity contribution in [1.82, 2.24) is 14.9 Å². The number of rotatable bonds is 6. The fourth-order valence-electron chi connectivity index (χ4n) is 3.58. The highest BCUT2D eigenvalue weighted by Gasteiger charge is 2.25. The zero-order valence-corrected chi connectivity index (χ0v) is 19.6. The second kappa shape index (κ2) is 9.98.